The number of aliphatic hydroxyl groups excluding tert-OH is 1. The Hall–Kier alpha value is -0.610. The number of hydrogen-bond acceptors (Lipinski definition) is 4. The van der Waals surface area contributed by atoms with E-state index in [9.17, 15) is 18.0 Å². The highest BCUT2D eigenvalue weighted by Crippen LogP contribution is 2.36. The molecule has 21 heavy (non-hydrogen) atoms. The van der Waals surface area contributed by atoms with Gasteiger partial charge in [0.1, 0.15) is 6.61 Å². The maximum atomic E-state index is 12.4. The fraction of sp³-hybridized carbons (Fsp3) is 0.500. The smallest absolute Gasteiger partial charge is 0.420 e. The number of aliphatic hydroxyl groups is 1. The molecule has 1 aromatic heterocycles. The van der Waals surface area contributed by atoms with Crippen LogP contribution < -0.4 is 4.74 Å². The first-order chi connectivity index (χ1) is 9.54. The quantitative estimate of drug-likeness (QED) is 0.566. The van der Waals surface area contributed by atoms with Crippen molar-refractivity contribution in [1.29, 1.82) is 0 Å². The summed E-state index contributed by atoms with van der Waals surface area (Å²) in [4.78, 5) is 14.9. The number of carbonyl (C=O) groups excluding carboxylic acids is 1. The molecule has 0 fully saturated rings. The summed E-state index contributed by atoms with van der Waals surface area (Å²) in [5, 5.41) is 8.81. The highest BCUT2D eigenvalue weighted by Gasteiger charge is 2.41. The third-order valence-electron chi connectivity index (χ3n) is 2.50. The van der Waals surface area contributed by atoms with Crippen LogP contribution in [-0.4, -0.2) is 28.7 Å². The number of halogens is 5. The van der Waals surface area contributed by atoms with E-state index in [4.69, 9.17) is 21.4 Å². The number of hydrogen-bond donors (Lipinski definition) is 1. The van der Waals surface area contributed by atoms with Gasteiger partial charge in [-0.15, -0.1) is 0 Å². The van der Waals surface area contributed by atoms with Crippen molar-refractivity contribution >= 4 is 40.0 Å². The maximum absolute atomic E-state index is 12.4. The topological polar surface area (TPSA) is 59.4 Å². The van der Waals surface area contributed by atoms with Gasteiger partial charge < -0.3 is 9.84 Å². The lowest BCUT2D eigenvalue weighted by atomic mass is 10.1. The lowest BCUT2D eigenvalue weighted by Crippen LogP contribution is -2.22. The van der Waals surface area contributed by atoms with Gasteiger partial charge in [0.2, 0.25) is 0 Å². The Balaban J connectivity index is 2.98. The van der Waals surface area contributed by atoms with Crippen LogP contribution >= 0.6 is 34.2 Å². The highest BCUT2D eigenvalue weighted by molar-refractivity contribution is 14.1. The van der Waals surface area contributed by atoms with Gasteiger partial charge in [-0.1, -0.05) is 25.4 Å². The number of pyridine rings is 1. The van der Waals surface area contributed by atoms with Crippen LogP contribution in [0.1, 0.15) is 25.6 Å². The van der Waals surface area contributed by atoms with E-state index in [2.05, 4.69) is 4.98 Å². The van der Waals surface area contributed by atoms with E-state index < -0.39 is 18.0 Å². The number of ether oxygens (including phenoxy) is 1. The minimum absolute atomic E-state index is 0.0180. The van der Waals surface area contributed by atoms with E-state index >= 15 is 0 Å². The van der Waals surface area contributed by atoms with Crippen LogP contribution in [0.4, 0.5) is 13.2 Å². The molecule has 118 valence electrons. The van der Waals surface area contributed by atoms with Crippen molar-refractivity contribution in [3.63, 3.8) is 0 Å². The summed E-state index contributed by atoms with van der Waals surface area (Å²) >= 11 is 7.46. The zero-order valence-electron chi connectivity index (χ0n) is 11.0. The summed E-state index contributed by atoms with van der Waals surface area (Å²) in [5.74, 6) is -0.397. The van der Waals surface area contributed by atoms with Crippen LogP contribution in [0.3, 0.4) is 0 Å². The number of nitrogens with zero attached hydrogens (tertiary/aromatic N) is 1. The van der Waals surface area contributed by atoms with E-state index in [1.165, 1.54) is 0 Å². The fourth-order valence-electron chi connectivity index (χ4n) is 1.24. The molecule has 1 unspecified atom stereocenters. The molecule has 1 heterocycles. The molecule has 0 aliphatic rings. The number of carbonyl (C=O) groups is 1. The monoisotopic (exact) mass is 437 g/mol. The summed E-state index contributed by atoms with van der Waals surface area (Å²) in [5.41, 5.74) is -0.626. The van der Waals surface area contributed by atoms with Crippen molar-refractivity contribution in [2.45, 2.75) is 26.1 Å². The van der Waals surface area contributed by atoms with Gasteiger partial charge >= 0.3 is 6.18 Å². The van der Waals surface area contributed by atoms with Gasteiger partial charge in [-0.2, -0.15) is 13.2 Å². The molecule has 0 spiro atoms. The Morgan fingerprint density at radius 2 is 2.10 bits per heavy atom. The molecular weight excluding hydrogens is 425 g/mol. The molecule has 0 saturated heterocycles. The van der Waals surface area contributed by atoms with Crippen molar-refractivity contribution in [2.75, 3.05) is 6.61 Å². The predicted molar refractivity (Wildman–Crippen MR) is 78.3 cm³/mol. The van der Waals surface area contributed by atoms with Crippen LogP contribution in [0.2, 0.25) is 5.15 Å². The Morgan fingerprint density at radius 3 is 2.52 bits per heavy atom. The summed E-state index contributed by atoms with van der Waals surface area (Å²) in [7, 11) is 0. The van der Waals surface area contributed by atoms with Gasteiger partial charge in [0.25, 0.3) is 0 Å². The van der Waals surface area contributed by atoms with E-state index in [0.29, 0.717) is 0 Å². The summed E-state index contributed by atoms with van der Waals surface area (Å²) in [6.45, 7) is 3.13. The van der Waals surface area contributed by atoms with Crippen molar-refractivity contribution < 1.29 is 27.8 Å². The number of ketones is 1. The second-order valence-corrected chi connectivity index (χ2v) is 6.02. The zero-order valence-corrected chi connectivity index (χ0v) is 14.0. The molecule has 9 heteroatoms. The number of rotatable bonds is 5. The first kappa shape index (κ1) is 18.4. The van der Waals surface area contributed by atoms with E-state index in [-0.39, 0.29) is 32.8 Å². The zero-order chi connectivity index (χ0) is 16.4. The molecule has 0 radical (unpaired) electrons. The van der Waals surface area contributed by atoms with Gasteiger partial charge in [0, 0.05) is 5.92 Å². The third-order valence-corrected chi connectivity index (χ3v) is 3.56. The number of Topliss-reactive ketones (excluding diaryl/α,β-unsaturated/α-hetero) is 1. The van der Waals surface area contributed by atoms with Gasteiger partial charge in [-0.25, -0.2) is 4.98 Å². The third kappa shape index (κ3) is 4.96. The molecule has 0 amide bonds. The summed E-state index contributed by atoms with van der Waals surface area (Å²) in [6, 6.07) is 1.01. The normalized spacial score (nSPS) is 13.4. The second-order valence-electron chi connectivity index (χ2n) is 4.50. The summed E-state index contributed by atoms with van der Waals surface area (Å²) < 4.78 is 42.7. The van der Waals surface area contributed by atoms with E-state index in [1.807, 2.05) is 0 Å². The lowest BCUT2D eigenvalue weighted by molar-refractivity contribution is -0.208. The molecule has 0 aliphatic carbocycles. The van der Waals surface area contributed by atoms with Gasteiger partial charge in [-0.3, -0.25) is 4.79 Å². The average molecular weight is 438 g/mol. The first-order valence-corrected chi connectivity index (χ1v) is 7.26. The van der Waals surface area contributed by atoms with Crippen molar-refractivity contribution in [3.8, 4) is 5.75 Å². The van der Waals surface area contributed by atoms with Gasteiger partial charge in [-0.05, 0) is 28.7 Å². The lowest BCUT2D eigenvalue weighted by Gasteiger charge is -2.16. The predicted octanol–water partition coefficient (Wildman–Crippen LogP) is 3.54. The Bertz CT molecular complexity index is 514. The SMILES string of the molecule is CC(C)C(=O)COc1c(I)cc(C(O)C(F)(F)F)nc1Cl. The Labute approximate surface area is 137 Å². The Kier molecular flexibility index (Phi) is 6.23. The van der Waals surface area contributed by atoms with Crippen molar-refractivity contribution in [2.24, 2.45) is 5.92 Å². The van der Waals surface area contributed by atoms with Crippen LogP contribution in [0, 0.1) is 9.49 Å². The van der Waals surface area contributed by atoms with E-state index in [0.717, 1.165) is 6.07 Å². The molecule has 0 saturated carbocycles. The van der Waals surface area contributed by atoms with E-state index in [1.54, 1.807) is 36.4 Å². The highest BCUT2D eigenvalue weighted by atomic mass is 127. The van der Waals surface area contributed by atoms with Crippen molar-refractivity contribution in [1.82, 2.24) is 4.98 Å². The van der Waals surface area contributed by atoms with Gasteiger partial charge in [0.15, 0.2) is 22.8 Å². The van der Waals surface area contributed by atoms with Gasteiger partial charge in [0.05, 0.1) is 9.26 Å². The largest absolute Gasteiger partial charge is 0.481 e. The molecule has 0 aromatic carbocycles. The number of alkyl halides is 3. The van der Waals surface area contributed by atoms with Crippen molar-refractivity contribution in [3.05, 3.63) is 20.5 Å². The molecule has 1 N–H and O–H groups in total. The minimum atomic E-state index is -4.84. The van der Waals surface area contributed by atoms with Crippen LogP contribution in [0.25, 0.3) is 0 Å². The maximum Gasteiger partial charge on any atom is 0.420 e. The standard InChI is InChI=1S/C12H12ClF3INO3/c1-5(2)8(19)4-21-9-6(17)3-7(18-11(9)13)10(20)12(14,15)16/h3,5,10,20H,4H2,1-2H3. The first-order valence-electron chi connectivity index (χ1n) is 5.80. The minimum Gasteiger partial charge on any atom is -0.481 e. The second kappa shape index (κ2) is 7.10. The van der Waals surface area contributed by atoms with Crippen LogP contribution in [0.15, 0.2) is 6.07 Å². The molecule has 4 nitrogen and oxygen atoms in total. The molecule has 1 atom stereocenters. The summed E-state index contributed by atoms with van der Waals surface area (Å²) in [6.07, 6.45) is -7.56. The molecular formula is C12H12ClF3INO3. The molecule has 0 aliphatic heterocycles. The molecule has 0 bridgehead atoms. The van der Waals surface area contributed by atoms with Crippen LogP contribution in [-0.2, 0) is 4.79 Å². The molecule has 1 rings (SSSR count). The Morgan fingerprint density at radius 1 is 1.52 bits per heavy atom. The van der Waals surface area contributed by atoms with Crippen LogP contribution in [0.5, 0.6) is 5.75 Å². The fourth-order valence-corrected chi connectivity index (χ4v) is 2.38. The molecule has 1 aromatic rings. The number of aromatic nitrogens is 1. The average Bonchev–Trinajstić information content (AvgIpc) is 2.34.